The molecule has 6 nitrogen and oxygen atoms in total. The van der Waals surface area contributed by atoms with Crippen LogP contribution in [0, 0.1) is 0 Å². The van der Waals surface area contributed by atoms with E-state index in [4.69, 9.17) is 5.73 Å². The van der Waals surface area contributed by atoms with Crippen molar-refractivity contribution >= 4 is 11.9 Å². The summed E-state index contributed by atoms with van der Waals surface area (Å²) >= 11 is 0. The Hall–Kier alpha value is -1.14. The van der Waals surface area contributed by atoms with E-state index in [-0.39, 0.29) is 6.42 Å². The van der Waals surface area contributed by atoms with Gasteiger partial charge in [0.2, 0.25) is 5.72 Å². The minimum Gasteiger partial charge on any atom is -0.469 e. The van der Waals surface area contributed by atoms with Crippen LogP contribution in [0.2, 0.25) is 0 Å². The van der Waals surface area contributed by atoms with Crippen molar-refractivity contribution in [2.75, 3.05) is 21.3 Å². The van der Waals surface area contributed by atoms with Crippen molar-refractivity contribution in [3.05, 3.63) is 0 Å². The maximum Gasteiger partial charge on any atom is 0.353 e. The summed E-state index contributed by atoms with van der Waals surface area (Å²) in [5.41, 5.74) is 3.67. The van der Waals surface area contributed by atoms with Crippen LogP contribution in [0.1, 0.15) is 6.42 Å². The second-order valence-corrected chi connectivity index (χ2v) is 2.34. The van der Waals surface area contributed by atoms with Crippen LogP contribution in [0.4, 0.5) is 0 Å². The van der Waals surface area contributed by atoms with Crippen molar-refractivity contribution in [1.29, 1.82) is 0 Å². The lowest BCUT2D eigenvalue weighted by atomic mass is 10.1. The van der Waals surface area contributed by atoms with Crippen LogP contribution in [-0.4, -0.2) is 39.0 Å². The van der Waals surface area contributed by atoms with Gasteiger partial charge in [-0.2, -0.15) is 0 Å². The van der Waals surface area contributed by atoms with Crippen molar-refractivity contribution in [3.8, 4) is 0 Å². The first-order valence-electron chi connectivity index (χ1n) is 3.49. The molecular weight excluding hydrogens is 178 g/mol. The number of methoxy groups -OCH3 is 3. The summed E-state index contributed by atoms with van der Waals surface area (Å²) in [6.45, 7) is 0. The molecule has 0 aromatic rings. The first-order chi connectivity index (χ1) is 6.00. The van der Waals surface area contributed by atoms with Crippen LogP contribution >= 0.6 is 0 Å². The highest BCUT2D eigenvalue weighted by molar-refractivity contribution is 5.85. The van der Waals surface area contributed by atoms with Crippen molar-refractivity contribution in [2.45, 2.75) is 12.1 Å². The summed E-state index contributed by atoms with van der Waals surface area (Å²) in [5.74, 6) is -1.46. The van der Waals surface area contributed by atoms with E-state index in [1.54, 1.807) is 0 Å². The van der Waals surface area contributed by atoms with E-state index in [1.165, 1.54) is 14.2 Å². The van der Waals surface area contributed by atoms with Crippen LogP contribution in [0.25, 0.3) is 0 Å². The summed E-state index contributed by atoms with van der Waals surface area (Å²) in [6.07, 6.45) is -0.382. The number of carbonyl (C=O) groups is 2. The first-order valence-corrected chi connectivity index (χ1v) is 3.49. The molecule has 0 aromatic heterocycles. The van der Waals surface area contributed by atoms with E-state index in [9.17, 15) is 9.59 Å². The van der Waals surface area contributed by atoms with Crippen molar-refractivity contribution < 1.29 is 23.8 Å². The fourth-order valence-corrected chi connectivity index (χ4v) is 0.687. The third-order valence-electron chi connectivity index (χ3n) is 1.53. The van der Waals surface area contributed by atoms with Gasteiger partial charge in [0.1, 0.15) is 0 Å². The molecule has 0 radical (unpaired) electrons. The number of rotatable bonds is 4. The van der Waals surface area contributed by atoms with Crippen LogP contribution in [0.3, 0.4) is 0 Å². The van der Waals surface area contributed by atoms with Gasteiger partial charge >= 0.3 is 11.9 Å². The van der Waals surface area contributed by atoms with Gasteiger partial charge in [-0.15, -0.1) is 0 Å². The zero-order valence-electron chi connectivity index (χ0n) is 7.83. The third-order valence-corrected chi connectivity index (χ3v) is 1.53. The summed E-state index contributed by atoms with van der Waals surface area (Å²) in [5, 5.41) is 0. The number of carbonyl (C=O) groups excluding carboxylic acids is 2. The van der Waals surface area contributed by atoms with E-state index in [1.807, 2.05) is 0 Å². The molecule has 0 heterocycles. The predicted octanol–water partition coefficient (Wildman–Crippen LogP) is -0.976. The van der Waals surface area contributed by atoms with Gasteiger partial charge in [-0.25, -0.2) is 4.79 Å². The van der Waals surface area contributed by atoms with Gasteiger partial charge in [0, 0.05) is 7.11 Å². The molecule has 0 aliphatic heterocycles. The van der Waals surface area contributed by atoms with Crippen molar-refractivity contribution in [1.82, 2.24) is 0 Å². The van der Waals surface area contributed by atoms with E-state index >= 15 is 0 Å². The van der Waals surface area contributed by atoms with Crippen LogP contribution in [-0.2, 0) is 23.8 Å². The van der Waals surface area contributed by atoms with Gasteiger partial charge in [-0.3, -0.25) is 10.5 Å². The maximum atomic E-state index is 11.0. The molecule has 0 aromatic carbocycles. The average molecular weight is 191 g/mol. The number of hydrogen-bond donors (Lipinski definition) is 1. The fourth-order valence-electron chi connectivity index (χ4n) is 0.687. The molecule has 0 aliphatic rings. The molecule has 0 aliphatic carbocycles. The number of hydrogen-bond acceptors (Lipinski definition) is 6. The monoisotopic (exact) mass is 191 g/mol. The highest BCUT2D eigenvalue weighted by atomic mass is 16.6. The van der Waals surface area contributed by atoms with Crippen LogP contribution < -0.4 is 5.73 Å². The minimum absolute atomic E-state index is 0.382. The predicted molar refractivity (Wildman–Crippen MR) is 42.6 cm³/mol. The molecule has 0 fully saturated rings. The van der Waals surface area contributed by atoms with Gasteiger partial charge < -0.3 is 14.2 Å². The molecule has 2 N–H and O–H groups in total. The Morgan fingerprint density at radius 2 is 1.77 bits per heavy atom. The zero-order chi connectivity index (χ0) is 10.5. The Morgan fingerprint density at radius 3 is 2.08 bits per heavy atom. The molecular formula is C7H13NO5. The molecule has 0 spiro atoms. The Balaban J connectivity index is 4.45. The van der Waals surface area contributed by atoms with E-state index in [0.717, 1.165) is 7.11 Å². The smallest absolute Gasteiger partial charge is 0.353 e. The summed E-state index contributed by atoms with van der Waals surface area (Å²) in [7, 11) is 3.55. The Kier molecular flexibility index (Phi) is 4.36. The third kappa shape index (κ3) is 3.00. The SMILES string of the molecule is COC(=O)CC(N)(OC)C(=O)OC. The summed E-state index contributed by atoms with van der Waals surface area (Å²) in [4.78, 5) is 21.9. The lowest BCUT2D eigenvalue weighted by Gasteiger charge is -2.22. The van der Waals surface area contributed by atoms with Crippen LogP contribution in [0.5, 0.6) is 0 Å². The van der Waals surface area contributed by atoms with E-state index in [2.05, 4.69) is 14.2 Å². The second kappa shape index (κ2) is 4.78. The summed E-state index contributed by atoms with van der Waals surface area (Å²) < 4.78 is 13.4. The van der Waals surface area contributed by atoms with Crippen molar-refractivity contribution in [3.63, 3.8) is 0 Å². The molecule has 13 heavy (non-hydrogen) atoms. The Morgan fingerprint density at radius 1 is 1.23 bits per heavy atom. The molecule has 1 unspecified atom stereocenters. The molecule has 0 saturated heterocycles. The first kappa shape index (κ1) is 11.9. The Labute approximate surface area is 75.9 Å². The Bertz CT molecular complexity index is 205. The maximum absolute atomic E-state index is 11.0. The zero-order valence-corrected chi connectivity index (χ0v) is 7.83. The number of ether oxygens (including phenoxy) is 3. The lowest BCUT2D eigenvalue weighted by molar-refractivity contribution is -0.172. The molecule has 1 atom stereocenters. The highest BCUT2D eigenvalue weighted by Crippen LogP contribution is 2.10. The molecule has 0 bridgehead atoms. The highest BCUT2D eigenvalue weighted by Gasteiger charge is 2.38. The number of esters is 2. The number of nitrogens with two attached hydrogens (primary N) is 1. The largest absolute Gasteiger partial charge is 0.469 e. The van der Waals surface area contributed by atoms with Gasteiger partial charge in [-0.05, 0) is 0 Å². The quantitative estimate of drug-likeness (QED) is 0.454. The van der Waals surface area contributed by atoms with Crippen LogP contribution in [0.15, 0.2) is 0 Å². The standard InChI is InChI=1S/C7H13NO5/c1-11-5(9)4-7(8,13-3)6(10)12-2/h4,8H2,1-3H3. The lowest BCUT2D eigenvalue weighted by Crippen LogP contribution is -2.52. The normalized spacial score (nSPS) is 14.5. The van der Waals surface area contributed by atoms with Gasteiger partial charge in [0.05, 0.1) is 20.6 Å². The van der Waals surface area contributed by atoms with E-state index < -0.39 is 17.7 Å². The minimum atomic E-state index is -1.76. The second-order valence-electron chi connectivity index (χ2n) is 2.34. The summed E-state index contributed by atoms with van der Waals surface area (Å²) in [6, 6.07) is 0. The van der Waals surface area contributed by atoms with Gasteiger partial charge in [0.15, 0.2) is 0 Å². The van der Waals surface area contributed by atoms with Crippen molar-refractivity contribution in [2.24, 2.45) is 5.73 Å². The topological polar surface area (TPSA) is 87.9 Å². The molecule has 0 rings (SSSR count). The molecule has 6 heteroatoms. The average Bonchev–Trinajstić information content (AvgIpc) is 2.15. The van der Waals surface area contributed by atoms with E-state index in [0.29, 0.717) is 0 Å². The molecule has 0 saturated carbocycles. The molecule has 76 valence electrons. The van der Waals surface area contributed by atoms with Gasteiger partial charge in [0.25, 0.3) is 0 Å². The fraction of sp³-hybridized carbons (Fsp3) is 0.714. The van der Waals surface area contributed by atoms with Gasteiger partial charge in [-0.1, -0.05) is 0 Å². The molecule has 0 amide bonds.